The lowest BCUT2D eigenvalue weighted by Crippen LogP contribution is -2.03. The molecule has 4 aromatic rings. The molecule has 0 aliphatic heterocycles. The Bertz CT molecular complexity index is 1230. The molecule has 0 spiro atoms. The zero-order valence-corrected chi connectivity index (χ0v) is 17.7. The van der Waals surface area contributed by atoms with Crippen LogP contribution >= 0.6 is 46.4 Å². The van der Waals surface area contributed by atoms with Crippen molar-refractivity contribution in [3.63, 3.8) is 0 Å². The van der Waals surface area contributed by atoms with Gasteiger partial charge in [-0.05, 0) is 54.6 Å². The van der Waals surface area contributed by atoms with Crippen LogP contribution < -0.4 is 16.4 Å². The number of nitrogens with zero attached hydrogens (tertiary/aromatic N) is 2. The van der Waals surface area contributed by atoms with Crippen LogP contribution in [0.4, 0.5) is 28.7 Å². The van der Waals surface area contributed by atoms with Gasteiger partial charge in [-0.2, -0.15) is 0 Å². The topological polar surface area (TPSA) is 75.9 Å². The minimum Gasteiger partial charge on any atom is -0.399 e. The fourth-order valence-electron chi connectivity index (χ4n) is 2.67. The molecule has 0 aliphatic rings. The van der Waals surface area contributed by atoms with E-state index in [1.54, 1.807) is 54.6 Å². The van der Waals surface area contributed by atoms with Crippen molar-refractivity contribution >= 4 is 86.1 Å². The number of benzene rings is 3. The Labute approximate surface area is 186 Å². The van der Waals surface area contributed by atoms with Gasteiger partial charge in [0.2, 0.25) is 0 Å². The molecule has 1 heterocycles. The number of aromatic nitrogens is 2. The van der Waals surface area contributed by atoms with Crippen LogP contribution in [0.3, 0.4) is 0 Å². The maximum Gasteiger partial charge on any atom is 0.174 e. The molecule has 0 amide bonds. The standard InChI is InChI=1S/C20H13Cl4N5/c21-13-4-2-11(8-15(13)23)26-19-20(27-12-3-5-14(22)16(24)9-12)29-18-7-10(25)1-6-17(18)28-19/h1-9H,25H2,(H,26,28)(H,27,29). The summed E-state index contributed by atoms with van der Waals surface area (Å²) in [5, 5.41) is 8.22. The summed E-state index contributed by atoms with van der Waals surface area (Å²) in [5.41, 5.74) is 9.23. The third-order valence-corrected chi connectivity index (χ3v) is 5.53. The quantitative estimate of drug-likeness (QED) is 0.276. The van der Waals surface area contributed by atoms with Gasteiger partial charge in [0.1, 0.15) is 0 Å². The molecule has 0 saturated carbocycles. The predicted molar refractivity (Wildman–Crippen MR) is 123 cm³/mol. The lowest BCUT2D eigenvalue weighted by Gasteiger charge is -2.14. The van der Waals surface area contributed by atoms with E-state index in [2.05, 4.69) is 20.6 Å². The molecule has 1 aromatic heterocycles. The second kappa shape index (κ2) is 8.13. The van der Waals surface area contributed by atoms with Gasteiger partial charge in [-0.25, -0.2) is 9.97 Å². The van der Waals surface area contributed by atoms with Crippen LogP contribution in [0.2, 0.25) is 20.1 Å². The molecule has 0 aliphatic carbocycles. The van der Waals surface area contributed by atoms with Crippen molar-refractivity contribution in [3.05, 3.63) is 74.7 Å². The Morgan fingerprint density at radius 2 is 1.10 bits per heavy atom. The number of halogens is 4. The van der Waals surface area contributed by atoms with Crippen LogP contribution in [0.5, 0.6) is 0 Å². The average molecular weight is 465 g/mol. The highest BCUT2D eigenvalue weighted by molar-refractivity contribution is 6.42. The van der Waals surface area contributed by atoms with Crippen LogP contribution in [0.15, 0.2) is 54.6 Å². The number of nitrogens with one attached hydrogen (secondary N) is 2. The van der Waals surface area contributed by atoms with Crippen molar-refractivity contribution in [1.82, 2.24) is 9.97 Å². The maximum absolute atomic E-state index is 6.13. The lowest BCUT2D eigenvalue weighted by atomic mass is 10.2. The number of nitrogens with two attached hydrogens (primary N) is 1. The van der Waals surface area contributed by atoms with Gasteiger partial charge >= 0.3 is 0 Å². The van der Waals surface area contributed by atoms with Gasteiger partial charge in [0.25, 0.3) is 0 Å². The monoisotopic (exact) mass is 463 g/mol. The minimum absolute atomic E-state index is 0.425. The summed E-state index contributed by atoms with van der Waals surface area (Å²) in [6.07, 6.45) is 0. The van der Waals surface area contributed by atoms with E-state index in [0.717, 1.165) is 0 Å². The van der Waals surface area contributed by atoms with Gasteiger partial charge in [0.05, 0.1) is 31.1 Å². The number of nitrogen functional groups attached to an aromatic ring is 1. The summed E-state index contributed by atoms with van der Waals surface area (Å²) in [6.45, 7) is 0. The second-order valence-electron chi connectivity index (χ2n) is 6.18. The smallest absolute Gasteiger partial charge is 0.174 e. The Balaban J connectivity index is 1.79. The fourth-order valence-corrected chi connectivity index (χ4v) is 3.26. The zero-order valence-electron chi connectivity index (χ0n) is 14.7. The van der Waals surface area contributed by atoms with Gasteiger partial charge in [0, 0.05) is 17.1 Å². The molecule has 0 saturated heterocycles. The summed E-state index contributed by atoms with van der Waals surface area (Å²) in [5.74, 6) is 0.972. The highest BCUT2D eigenvalue weighted by Gasteiger charge is 2.12. The van der Waals surface area contributed by atoms with Crippen molar-refractivity contribution in [2.24, 2.45) is 0 Å². The highest BCUT2D eigenvalue weighted by atomic mass is 35.5. The van der Waals surface area contributed by atoms with Gasteiger partial charge in [-0.3, -0.25) is 0 Å². The molecular weight excluding hydrogens is 452 g/mol. The zero-order chi connectivity index (χ0) is 20.5. The van der Waals surface area contributed by atoms with Crippen molar-refractivity contribution in [1.29, 1.82) is 0 Å². The molecule has 5 nitrogen and oxygen atoms in total. The minimum atomic E-state index is 0.425. The molecule has 29 heavy (non-hydrogen) atoms. The van der Waals surface area contributed by atoms with Crippen LogP contribution in [0, 0.1) is 0 Å². The first-order valence-corrected chi connectivity index (χ1v) is 9.91. The Morgan fingerprint density at radius 3 is 1.62 bits per heavy atom. The first kappa shape index (κ1) is 19.9. The lowest BCUT2D eigenvalue weighted by molar-refractivity contribution is 1.27. The normalized spacial score (nSPS) is 10.9. The van der Waals surface area contributed by atoms with E-state index in [1.807, 2.05) is 0 Å². The van der Waals surface area contributed by atoms with Crippen molar-refractivity contribution < 1.29 is 0 Å². The van der Waals surface area contributed by atoms with Crippen LogP contribution in [0.1, 0.15) is 0 Å². The molecule has 0 unspecified atom stereocenters. The van der Waals surface area contributed by atoms with Crippen LogP contribution in [-0.2, 0) is 0 Å². The maximum atomic E-state index is 6.13. The molecule has 4 N–H and O–H groups in total. The first-order valence-electron chi connectivity index (χ1n) is 8.40. The Hall–Kier alpha value is -2.44. The number of hydrogen-bond donors (Lipinski definition) is 3. The number of hydrogen-bond acceptors (Lipinski definition) is 5. The Morgan fingerprint density at radius 1 is 0.586 bits per heavy atom. The van der Waals surface area contributed by atoms with Crippen molar-refractivity contribution in [2.75, 3.05) is 16.4 Å². The number of fused-ring (bicyclic) bond motifs is 1. The van der Waals surface area contributed by atoms with E-state index in [-0.39, 0.29) is 0 Å². The summed E-state index contributed by atoms with van der Waals surface area (Å²) < 4.78 is 0. The summed E-state index contributed by atoms with van der Waals surface area (Å²) in [7, 11) is 0. The molecule has 0 fully saturated rings. The first-order chi connectivity index (χ1) is 13.9. The third-order valence-electron chi connectivity index (χ3n) is 4.05. The molecule has 0 atom stereocenters. The molecule has 3 aromatic carbocycles. The average Bonchev–Trinajstić information content (AvgIpc) is 2.68. The van der Waals surface area contributed by atoms with Gasteiger partial charge in [-0.15, -0.1) is 0 Å². The number of anilines is 5. The van der Waals surface area contributed by atoms with E-state index >= 15 is 0 Å². The van der Waals surface area contributed by atoms with Crippen molar-refractivity contribution in [3.8, 4) is 0 Å². The number of rotatable bonds is 4. The Kier molecular flexibility index (Phi) is 5.56. The second-order valence-corrected chi connectivity index (χ2v) is 7.81. The van der Waals surface area contributed by atoms with Crippen molar-refractivity contribution in [2.45, 2.75) is 0 Å². The van der Waals surface area contributed by atoms with Gasteiger partial charge in [0.15, 0.2) is 11.6 Å². The molecular formula is C20H13Cl4N5. The highest BCUT2D eigenvalue weighted by Crippen LogP contribution is 2.32. The fraction of sp³-hybridized carbons (Fsp3) is 0. The van der Waals surface area contributed by atoms with Crippen LogP contribution in [-0.4, -0.2) is 9.97 Å². The van der Waals surface area contributed by atoms with E-state index in [0.29, 0.717) is 59.8 Å². The molecule has 9 heteroatoms. The van der Waals surface area contributed by atoms with E-state index in [1.165, 1.54) is 0 Å². The summed E-state index contributed by atoms with van der Waals surface area (Å²) in [4.78, 5) is 9.34. The third kappa shape index (κ3) is 4.43. The summed E-state index contributed by atoms with van der Waals surface area (Å²) in [6, 6.07) is 15.7. The molecule has 146 valence electrons. The SMILES string of the molecule is Nc1ccc2nc(Nc3ccc(Cl)c(Cl)c3)c(Nc3ccc(Cl)c(Cl)c3)nc2c1. The molecule has 0 radical (unpaired) electrons. The van der Waals surface area contributed by atoms with Crippen LogP contribution in [0.25, 0.3) is 11.0 Å². The van der Waals surface area contributed by atoms with Gasteiger partial charge < -0.3 is 16.4 Å². The van der Waals surface area contributed by atoms with E-state index < -0.39 is 0 Å². The van der Waals surface area contributed by atoms with E-state index in [9.17, 15) is 0 Å². The van der Waals surface area contributed by atoms with Gasteiger partial charge in [-0.1, -0.05) is 46.4 Å². The predicted octanol–water partition coefficient (Wildman–Crippen LogP) is 7.31. The molecule has 0 bridgehead atoms. The summed E-state index contributed by atoms with van der Waals surface area (Å²) >= 11 is 24.3. The largest absolute Gasteiger partial charge is 0.399 e. The van der Waals surface area contributed by atoms with E-state index in [4.69, 9.17) is 52.1 Å². The molecule has 4 rings (SSSR count).